The minimum absolute atomic E-state index is 0.229. The molecule has 3 rings (SSSR count). The van der Waals surface area contributed by atoms with Gasteiger partial charge in [-0.15, -0.1) is 6.42 Å². The summed E-state index contributed by atoms with van der Waals surface area (Å²) in [5.41, 5.74) is 0.988. The van der Waals surface area contributed by atoms with Crippen LogP contribution in [0.25, 0.3) is 11.0 Å². The maximum atomic E-state index is 12.5. The number of H-pyrrole nitrogens is 1. The van der Waals surface area contributed by atoms with Gasteiger partial charge < -0.3 is 15.6 Å². The van der Waals surface area contributed by atoms with Crippen LogP contribution in [0.3, 0.4) is 0 Å². The molecular weight excluding hydrogens is 333 g/mol. The Labute approximate surface area is 140 Å². The molecule has 0 aliphatic heterocycles. The second-order valence-electron chi connectivity index (χ2n) is 5.12. The molecule has 0 saturated carbocycles. The second-order valence-corrected chi connectivity index (χ2v) is 5.12. The van der Waals surface area contributed by atoms with Gasteiger partial charge in [-0.3, -0.25) is 0 Å². The van der Waals surface area contributed by atoms with Gasteiger partial charge in [0.1, 0.15) is 5.65 Å². The first kappa shape index (κ1) is 16.4. The van der Waals surface area contributed by atoms with Gasteiger partial charge in [-0.2, -0.15) is 13.2 Å². The first-order chi connectivity index (χ1) is 11.9. The van der Waals surface area contributed by atoms with Crippen molar-refractivity contribution in [3.63, 3.8) is 0 Å². The quantitative estimate of drug-likeness (QED) is 0.610. The van der Waals surface area contributed by atoms with E-state index in [1.54, 1.807) is 12.3 Å². The molecule has 2 heterocycles. The molecule has 0 unspecified atom stereocenters. The highest BCUT2D eigenvalue weighted by atomic mass is 19.4. The molecule has 0 spiro atoms. The zero-order chi connectivity index (χ0) is 18.0. The summed E-state index contributed by atoms with van der Waals surface area (Å²) in [4.78, 5) is 19.0. The van der Waals surface area contributed by atoms with E-state index in [-0.39, 0.29) is 5.69 Å². The van der Waals surface area contributed by atoms with Crippen molar-refractivity contribution in [2.75, 3.05) is 10.6 Å². The number of carbonyl (C=O) groups is 1. The molecule has 1 aromatic carbocycles. The van der Waals surface area contributed by atoms with Crippen LogP contribution in [0.15, 0.2) is 42.7 Å². The number of nitrogens with one attached hydrogen (secondary N) is 3. The van der Waals surface area contributed by atoms with Crippen LogP contribution in [0.5, 0.6) is 0 Å². The summed E-state index contributed by atoms with van der Waals surface area (Å²) in [5.74, 6) is 2.45. The number of halogens is 3. The fourth-order valence-corrected chi connectivity index (χ4v) is 2.21. The van der Waals surface area contributed by atoms with Crippen LogP contribution < -0.4 is 10.6 Å². The number of pyridine rings is 1. The molecule has 0 bridgehead atoms. The molecule has 25 heavy (non-hydrogen) atoms. The van der Waals surface area contributed by atoms with Crippen LogP contribution in [0.1, 0.15) is 11.1 Å². The fraction of sp³-hybridized carbons (Fsp3) is 0.0588. The fourth-order valence-electron chi connectivity index (χ4n) is 2.21. The molecule has 0 fully saturated rings. The van der Waals surface area contributed by atoms with E-state index in [0.717, 1.165) is 12.1 Å². The SMILES string of the molecule is C#Cc1cnc2[nH]cc(NC(=O)Nc3ccc(C(F)(F)F)cc3)c2c1. The van der Waals surface area contributed by atoms with Crippen molar-refractivity contribution in [2.24, 2.45) is 0 Å². The zero-order valence-electron chi connectivity index (χ0n) is 12.6. The molecule has 0 radical (unpaired) electrons. The lowest BCUT2D eigenvalue weighted by molar-refractivity contribution is -0.137. The number of alkyl halides is 3. The van der Waals surface area contributed by atoms with Gasteiger partial charge in [0, 0.05) is 29.0 Å². The van der Waals surface area contributed by atoms with Crippen molar-refractivity contribution in [3.8, 4) is 12.3 Å². The van der Waals surface area contributed by atoms with E-state index in [1.165, 1.54) is 18.3 Å². The standard InChI is InChI=1S/C17H11F3N4O/c1-2-10-7-13-14(9-22-15(13)21-8-10)24-16(25)23-12-5-3-11(4-6-12)17(18,19)20/h1,3-9H,(H,21,22)(H2,23,24,25). The summed E-state index contributed by atoms with van der Waals surface area (Å²) < 4.78 is 37.6. The van der Waals surface area contributed by atoms with Crippen LogP contribution in [-0.2, 0) is 6.18 Å². The number of rotatable bonds is 2. The minimum atomic E-state index is -4.42. The van der Waals surface area contributed by atoms with Crippen molar-refractivity contribution >= 4 is 28.4 Å². The Balaban J connectivity index is 1.74. The molecule has 0 atom stereocenters. The number of benzene rings is 1. The monoisotopic (exact) mass is 344 g/mol. The Morgan fingerprint density at radius 2 is 1.92 bits per heavy atom. The highest BCUT2D eigenvalue weighted by Crippen LogP contribution is 2.30. The van der Waals surface area contributed by atoms with Crippen molar-refractivity contribution in [1.29, 1.82) is 0 Å². The number of urea groups is 1. The molecule has 2 amide bonds. The molecule has 5 nitrogen and oxygen atoms in total. The second kappa shape index (κ2) is 6.20. The average molecular weight is 344 g/mol. The van der Waals surface area contributed by atoms with Crippen LogP contribution in [0.4, 0.5) is 29.3 Å². The number of terminal acetylenes is 1. The maximum absolute atomic E-state index is 12.5. The summed E-state index contributed by atoms with van der Waals surface area (Å²) in [6.45, 7) is 0. The van der Waals surface area contributed by atoms with Crippen molar-refractivity contribution in [1.82, 2.24) is 9.97 Å². The zero-order valence-corrected chi connectivity index (χ0v) is 12.6. The molecule has 0 saturated heterocycles. The molecule has 126 valence electrons. The summed E-state index contributed by atoms with van der Waals surface area (Å²) >= 11 is 0. The molecule has 3 aromatic rings. The van der Waals surface area contributed by atoms with Gasteiger partial charge in [0.2, 0.25) is 0 Å². The third-order valence-electron chi connectivity index (χ3n) is 3.42. The Morgan fingerprint density at radius 3 is 2.56 bits per heavy atom. The Morgan fingerprint density at radius 1 is 1.20 bits per heavy atom. The molecule has 3 N–H and O–H groups in total. The molecule has 0 aliphatic carbocycles. The maximum Gasteiger partial charge on any atom is 0.416 e. The van der Waals surface area contributed by atoms with Crippen molar-refractivity contribution in [2.45, 2.75) is 6.18 Å². The van der Waals surface area contributed by atoms with E-state index in [4.69, 9.17) is 6.42 Å². The highest BCUT2D eigenvalue weighted by molar-refractivity contribution is 6.05. The first-order valence-electron chi connectivity index (χ1n) is 7.06. The Bertz CT molecular complexity index is 968. The van der Waals surface area contributed by atoms with Crippen LogP contribution >= 0.6 is 0 Å². The highest BCUT2D eigenvalue weighted by Gasteiger charge is 2.29. The Hall–Kier alpha value is -3.47. The number of fused-ring (bicyclic) bond motifs is 1. The minimum Gasteiger partial charge on any atom is -0.344 e. The number of amides is 2. The molecule has 2 aromatic heterocycles. The van der Waals surface area contributed by atoms with Gasteiger partial charge in [0.25, 0.3) is 0 Å². The summed E-state index contributed by atoms with van der Waals surface area (Å²) in [6, 6.07) is 5.22. The van der Waals surface area contributed by atoms with Gasteiger partial charge in [-0.1, -0.05) is 5.92 Å². The average Bonchev–Trinajstić information content (AvgIpc) is 2.96. The van der Waals surface area contributed by atoms with Crippen LogP contribution in [-0.4, -0.2) is 16.0 Å². The first-order valence-corrected chi connectivity index (χ1v) is 7.06. The largest absolute Gasteiger partial charge is 0.416 e. The number of hydrogen-bond donors (Lipinski definition) is 3. The number of hydrogen-bond acceptors (Lipinski definition) is 2. The van der Waals surface area contributed by atoms with Gasteiger partial charge in [-0.25, -0.2) is 9.78 Å². The molecule has 0 aliphatic rings. The van der Waals surface area contributed by atoms with Gasteiger partial charge >= 0.3 is 12.2 Å². The van der Waals surface area contributed by atoms with Gasteiger partial charge in [0.05, 0.1) is 11.3 Å². The van der Waals surface area contributed by atoms with E-state index in [9.17, 15) is 18.0 Å². The van der Waals surface area contributed by atoms with Crippen molar-refractivity contribution < 1.29 is 18.0 Å². The lowest BCUT2D eigenvalue weighted by Gasteiger charge is -2.09. The summed E-state index contributed by atoms with van der Waals surface area (Å²) in [7, 11) is 0. The van der Waals surface area contributed by atoms with Crippen molar-refractivity contribution in [3.05, 3.63) is 53.9 Å². The van der Waals surface area contributed by atoms with E-state index in [1.807, 2.05) is 0 Å². The van der Waals surface area contributed by atoms with Gasteiger partial charge in [-0.05, 0) is 30.3 Å². The summed E-state index contributed by atoms with van der Waals surface area (Å²) in [6.07, 6.45) is 3.97. The number of anilines is 2. The van der Waals surface area contributed by atoms with E-state index >= 15 is 0 Å². The Kier molecular flexibility index (Phi) is 4.07. The lowest BCUT2D eigenvalue weighted by Crippen LogP contribution is -2.19. The van der Waals surface area contributed by atoms with E-state index < -0.39 is 17.8 Å². The van der Waals surface area contributed by atoms with E-state index in [2.05, 4.69) is 26.5 Å². The number of aromatic nitrogens is 2. The lowest BCUT2D eigenvalue weighted by atomic mass is 10.2. The third kappa shape index (κ3) is 3.55. The summed E-state index contributed by atoms with van der Waals surface area (Å²) in [5, 5.41) is 5.68. The van der Waals surface area contributed by atoms with E-state index in [0.29, 0.717) is 22.3 Å². The predicted octanol–water partition coefficient (Wildman–Crippen LogP) is 4.21. The normalized spacial score (nSPS) is 11.1. The predicted molar refractivity (Wildman–Crippen MR) is 88.1 cm³/mol. The van der Waals surface area contributed by atoms with Gasteiger partial charge in [0.15, 0.2) is 0 Å². The number of nitrogens with zero attached hydrogens (tertiary/aromatic N) is 1. The van der Waals surface area contributed by atoms with Crippen LogP contribution in [0, 0.1) is 12.3 Å². The molecule has 8 heteroatoms. The smallest absolute Gasteiger partial charge is 0.344 e. The topological polar surface area (TPSA) is 69.8 Å². The number of carbonyl (C=O) groups excluding carboxylic acids is 1. The third-order valence-corrected chi connectivity index (χ3v) is 3.42. The number of aromatic amines is 1. The van der Waals surface area contributed by atoms with Crippen LogP contribution in [0.2, 0.25) is 0 Å². The molecular formula is C17H11F3N4O.